The zero-order valence-corrected chi connectivity index (χ0v) is 14.6. The van der Waals surface area contributed by atoms with E-state index in [2.05, 4.69) is 4.90 Å². The average Bonchev–Trinajstić information content (AvgIpc) is 2.62. The largest absolute Gasteiger partial charge is 0.489 e. The third-order valence-electron chi connectivity index (χ3n) is 4.39. The SMILES string of the molecule is COC(=O)c1cccc(COc2ccc(CN3CC(C(=O)O)C3)cc2)c1. The second-order valence-electron chi connectivity index (χ2n) is 6.35. The molecule has 0 atom stereocenters. The Kier molecular flexibility index (Phi) is 5.53. The lowest BCUT2D eigenvalue weighted by Gasteiger charge is -2.36. The van der Waals surface area contributed by atoms with Crippen LogP contribution in [0, 0.1) is 5.92 Å². The zero-order valence-electron chi connectivity index (χ0n) is 14.6. The van der Waals surface area contributed by atoms with Gasteiger partial charge < -0.3 is 14.6 Å². The molecular formula is C20H21NO5. The van der Waals surface area contributed by atoms with E-state index in [1.54, 1.807) is 18.2 Å². The van der Waals surface area contributed by atoms with E-state index in [0.29, 0.717) is 25.3 Å². The first-order valence-corrected chi connectivity index (χ1v) is 8.39. The van der Waals surface area contributed by atoms with E-state index < -0.39 is 5.97 Å². The number of methoxy groups -OCH3 is 1. The smallest absolute Gasteiger partial charge is 0.337 e. The predicted molar refractivity (Wildman–Crippen MR) is 95.0 cm³/mol. The fraction of sp³-hybridized carbons (Fsp3) is 0.300. The van der Waals surface area contributed by atoms with E-state index in [0.717, 1.165) is 23.4 Å². The van der Waals surface area contributed by atoms with Gasteiger partial charge in [-0.2, -0.15) is 0 Å². The molecule has 6 nitrogen and oxygen atoms in total. The number of likely N-dealkylation sites (tertiary alicyclic amines) is 1. The monoisotopic (exact) mass is 355 g/mol. The molecule has 1 aliphatic rings. The van der Waals surface area contributed by atoms with Gasteiger partial charge in [0.2, 0.25) is 0 Å². The van der Waals surface area contributed by atoms with Gasteiger partial charge in [-0.3, -0.25) is 9.69 Å². The minimum Gasteiger partial charge on any atom is -0.489 e. The fourth-order valence-corrected chi connectivity index (χ4v) is 2.88. The van der Waals surface area contributed by atoms with Crippen LogP contribution in [0.15, 0.2) is 48.5 Å². The van der Waals surface area contributed by atoms with Gasteiger partial charge in [-0.15, -0.1) is 0 Å². The highest BCUT2D eigenvalue weighted by molar-refractivity contribution is 5.89. The first-order valence-electron chi connectivity index (χ1n) is 8.39. The summed E-state index contributed by atoms with van der Waals surface area (Å²) in [6, 6.07) is 14.9. The van der Waals surface area contributed by atoms with Crippen molar-refractivity contribution in [2.45, 2.75) is 13.2 Å². The van der Waals surface area contributed by atoms with E-state index in [1.807, 2.05) is 30.3 Å². The summed E-state index contributed by atoms with van der Waals surface area (Å²) in [5, 5.41) is 8.90. The molecule has 1 saturated heterocycles. The lowest BCUT2D eigenvalue weighted by molar-refractivity contribution is -0.147. The summed E-state index contributed by atoms with van der Waals surface area (Å²) in [5.41, 5.74) is 2.50. The molecule has 0 radical (unpaired) electrons. The van der Waals surface area contributed by atoms with Crippen LogP contribution in [-0.2, 0) is 22.7 Å². The number of ether oxygens (including phenoxy) is 2. The van der Waals surface area contributed by atoms with Gasteiger partial charge in [0, 0.05) is 19.6 Å². The highest BCUT2D eigenvalue weighted by atomic mass is 16.5. The number of carboxylic acid groups (broad SMARTS) is 1. The van der Waals surface area contributed by atoms with E-state index in [-0.39, 0.29) is 11.9 Å². The van der Waals surface area contributed by atoms with Gasteiger partial charge in [0.1, 0.15) is 12.4 Å². The highest BCUT2D eigenvalue weighted by Gasteiger charge is 2.32. The van der Waals surface area contributed by atoms with Crippen molar-refractivity contribution in [1.29, 1.82) is 0 Å². The van der Waals surface area contributed by atoms with Crippen LogP contribution >= 0.6 is 0 Å². The van der Waals surface area contributed by atoms with Gasteiger partial charge in [0.05, 0.1) is 18.6 Å². The number of carboxylic acids is 1. The predicted octanol–water partition coefficient (Wildman–Crippen LogP) is 2.57. The van der Waals surface area contributed by atoms with Gasteiger partial charge in [0.15, 0.2) is 0 Å². The lowest BCUT2D eigenvalue weighted by atomic mass is 10.00. The Hall–Kier alpha value is -2.86. The molecule has 1 fully saturated rings. The maximum absolute atomic E-state index is 11.6. The molecule has 136 valence electrons. The number of rotatable bonds is 7. The Morgan fingerprint density at radius 3 is 2.50 bits per heavy atom. The summed E-state index contributed by atoms with van der Waals surface area (Å²) in [6.45, 7) is 2.30. The van der Waals surface area contributed by atoms with Gasteiger partial charge in [-0.05, 0) is 35.4 Å². The van der Waals surface area contributed by atoms with Crippen LogP contribution in [0.1, 0.15) is 21.5 Å². The topological polar surface area (TPSA) is 76.1 Å². The number of hydrogen-bond acceptors (Lipinski definition) is 5. The Bertz CT molecular complexity index is 781. The van der Waals surface area contributed by atoms with Gasteiger partial charge in [-0.1, -0.05) is 24.3 Å². The van der Waals surface area contributed by atoms with Crippen molar-refractivity contribution in [3.8, 4) is 5.75 Å². The molecule has 0 aromatic heterocycles. The first kappa shape index (κ1) is 17.9. The molecule has 0 saturated carbocycles. The molecule has 1 N–H and O–H groups in total. The van der Waals surface area contributed by atoms with Crippen LogP contribution in [0.4, 0.5) is 0 Å². The zero-order chi connectivity index (χ0) is 18.5. The quantitative estimate of drug-likeness (QED) is 0.770. The van der Waals surface area contributed by atoms with Crippen molar-refractivity contribution in [1.82, 2.24) is 4.90 Å². The molecule has 0 bridgehead atoms. The van der Waals surface area contributed by atoms with Crippen LogP contribution in [-0.4, -0.2) is 42.1 Å². The summed E-state index contributed by atoms with van der Waals surface area (Å²) >= 11 is 0. The van der Waals surface area contributed by atoms with E-state index >= 15 is 0 Å². The highest BCUT2D eigenvalue weighted by Crippen LogP contribution is 2.21. The minimum absolute atomic E-state index is 0.238. The number of carbonyl (C=O) groups excluding carboxylic acids is 1. The average molecular weight is 355 g/mol. The van der Waals surface area contributed by atoms with Crippen LogP contribution in [0.3, 0.4) is 0 Å². The number of benzene rings is 2. The minimum atomic E-state index is -0.721. The second kappa shape index (κ2) is 8.01. The van der Waals surface area contributed by atoms with Gasteiger partial charge in [-0.25, -0.2) is 4.79 Å². The van der Waals surface area contributed by atoms with Crippen LogP contribution in [0.25, 0.3) is 0 Å². The third kappa shape index (κ3) is 4.40. The Labute approximate surface area is 152 Å². The summed E-state index contributed by atoms with van der Waals surface area (Å²) in [6.07, 6.45) is 0. The van der Waals surface area contributed by atoms with E-state index in [4.69, 9.17) is 14.6 Å². The van der Waals surface area contributed by atoms with Crippen LogP contribution in [0.5, 0.6) is 5.75 Å². The summed E-state index contributed by atoms with van der Waals surface area (Å²) < 4.78 is 10.5. The molecule has 0 unspecified atom stereocenters. The summed E-state index contributed by atoms with van der Waals surface area (Å²) in [7, 11) is 1.36. The standard InChI is InChI=1S/C20H21NO5/c1-25-20(24)16-4-2-3-15(9-16)13-26-18-7-5-14(6-8-18)10-21-11-17(12-21)19(22)23/h2-9,17H,10-13H2,1H3,(H,22,23). The maximum atomic E-state index is 11.6. The maximum Gasteiger partial charge on any atom is 0.337 e. The number of nitrogens with zero attached hydrogens (tertiary/aromatic N) is 1. The molecule has 0 amide bonds. The first-order chi connectivity index (χ1) is 12.5. The van der Waals surface area contributed by atoms with Crippen molar-refractivity contribution >= 4 is 11.9 Å². The van der Waals surface area contributed by atoms with Crippen molar-refractivity contribution in [2.75, 3.05) is 20.2 Å². The number of hydrogen-bond donors (Lipinski definition) is 1. The molecule has 6 heteroatoms. The van der Waals surface area contributed by atoms with Crippen molar-refractivity contribution < 1.29 is 24.2 Å². The third-order valence-corrected chi connectivity index (χ3v) is 4.39. The molecule has 1 heterocycles. The van der Waals surface area contributed by atoms with E-state index in [1.165, 1.54) is 7.11 Å². The Balaban J connectivity index is 1.50. The van der Waals surface area contributed by atoms with Crippen LogP contribution in [0.2, 0.25) is 0 Å². The molecule has 2 aromatic carbocycles. The number of carbonyl (C=O) groups is 2. The van der Waals surface area contributed by atoms with Crippen molar-refractivity contribution in [2.24, 2.45) is 5.92 Å². The summed E-state index contributed by atoms with van der Waals surface area (Å²) in [4.78, 5) is 24.5. The fourth-order valence-electron chi connectivity index (χ4n) is 2.88. The van der Waals surface area contributed by atoms with Crippen molar-refractivity contribution in [3.05, 3.63) is 65.2 Å². The molecule has 1 aliphatic heterocycles. The molecule has 0 aliphatic carbocycles. The van der Waals surface area contributed by atoms with Crippen LogP contribution < -0.4 is 4.74 Å². The normalized spacial score (nSPS) is 14.5. The Morgan fingerprint density at radius 1 is 1.12 bits per heavy atom. The summed E-state index contributed by atoms with van der Waals surface area (Å²) in [5.74, 6) is -0.587. The number of aliphatic carboxylic acids is 1. The number of esters is 1. The molecule has 2 aromatic rings. The Morgan fingerprint density at radius 2 is 1.85 bits per heavy atom. The van der Waals surface area contributed by atoms with E-state index in [9.17, 15) is 9.59 Å². The molecular weight excluding hydrogens is 334 g/mol. The van der Waals surface area contributed by atoms with Gasteiger partial charge in [0.25, 0.3) is 0 Å². The van der Waals surface area contributed by atoms with Crippen molar-refractivity contribution in [3.63, 3.8) is 0 Å². The second-order valence-corrected chi connectivity index (χ2v) is 6.35. The molecule has 3 rings (SSSR count). The molecule has 0 spiro atoms. The van der Waals surface area contributed by atoms with Gasteiger partial charge >= 0.3 is 11.9 Å². The lowest BCUT2D eigenvalue weighted by Crippen LogP contribution is -2.49. The molecule has 26 heavy (non-hydrogen) atoms.